The van der Waals surface area contributed by atoms with Crippen LogP contribution in [0.15, 0.2) is 6.07 Å². The van der Waals surface area contributed by atoms with E-state index in [-0.39, 0.29) is 0 Å². The quantitative estimate of drug-likeness (QED) is 0.888. The molecule has 1 aliphatic heterocycles. The van der Waals surface area contributed by atoms with Gasteiger partial charge in [0.1, 0.15) is 10.6 Å². The van der Waals surface area contributed by atoms with Gasteiger partial charge in [-0.25, -0.2) is 4.98 Å². The van der Waals surface area contributed by atoms with Crippen LogP contribution in [0.5, 0.6) is 0 Å². The Morgan fingerprint density at radius 2 is 2.24 bits per heavy atom. The first-order chi connectivity index (χ1) is 10.2. The minimum Gasteiger partial charge on any atom is -0.378 e. The lowest BCUT2D eigenvalue weighted by Gasteiger charge is -2.16. The van der Waals surface area contributed by atoms with Crippen LogP contribution in [-0.2, 0) is 4.74 Å². The highest BCUT2D eigenvalue weighted by Crippen LogP contribution is 2.30. The molecule has 0 amide bonds. The van der Waals surface area contributed by atoms with Crippen LogP contribution in [0.2, 0.25) is 0 Å². The standard InChI is InChI=1S/C15H22N4OS/c1-4-16-15-18-13(12-7-9(2)21-14(12)19-15)17-8-11-5-6-20-10(11)3/h7,10-11H,4-6,8H2,1-3H3,(H2,16,17,18,19). The molecule has 21 heavy (non-hydrogen) atoms. The van der Waals surface area contributed by atoms with Crippen LogP contribution < -0.4 is 10.6 Å². The minimum absolute atomic E-state index is 0.326. The van der Waals surface area contributed by atoms with E-state index < -0.39 is 0 Å². The highest BCUT2D eigenvalue weighted by atomic mass is 32.1. The molecule has 0 radical (unpaired) electrons. The highest BCUT2D eigenvalue weighted by molar-refractivity contribution is 7.18. The Kier molecular flexibility index (Phi) is 4.26. The third-order valence-electron chi connectivity index (χ3n) is 3.92. The summed E-state index contributed by atoms with van der Waals surface area (Å²) in [5, 5.41) is 7.83. The summed E-state index contributed by atoms with van der Waals surface area (Å²) in [4.78, 5) is 11.5. The molecule has 0 aliphatic carbocycles. The van der Waals surface area contributed by atoms with Crippen molar-refractivity contribution < 1.29 is 4.74 Å². The number of aryl methyl sites for hydroxylation is 1. The summed E-state index contributed by atoms with van der Waals surface area (Å²) in [7, 11) is 0. The lowest BCUT2D eigenvalue weighted by atomic mass is 10.0. The fraction of sp³-hybridized carbons (Fsp3) is 0.600. The predicted octanol–water partition coefficient (Wildman–Crippen LogP) is 3.27. The van der Waals surface area contributed by atoms with Crippen LogP contribution in [0.25, 0.3) is 10.2 Å². The largest absolute Gasteiger partial charge is 0.378 e. The maximum absolute atomic E-state index is 5.62. The molecule has 0 saturated carbocycles. The Labute approximate surface area is 129 Å². The average Bonchev–Trinajstić information content (AvgIpc) is 3.01. The van der Waals surface area contributed by atoms with Gasteiger partial charge in [-0.2, -0.15) is 4.98 Å². The number of hydrogen-bond donors (Lipinski definition) is 2. The Bertz CT molecular complexity index is 627. The van der Waals surface area contributed by atoms with Crippen LogP contribution in [0.1, 0.15) is 25.1 Å². The van der Waals surface area contributed by atoms with Crippen molar-refractivity contribution in [3.8, 4) is 0 Å². The van der Waals surface area contributed by atoms with E-state index in [1.54, 1.807) is 11.3 Å². The van der Waals surface area contributed by atoms with E-state index in [4.69, 9.17) is 4.74 Å². The molecule has 3 rings (SSSR count). The van der Waals surface area contributed by atoms with E-state index in [0.717, 1.165) is 42.2 Å². The highest BCUT2D eigenvalue weighted by Gasteiger charge is 2.24. The van der Waals surface area contributed by atoms with Crippen LogP contribution in [0, 0.1) is 12.8 Å². The van der Waals surface area contributed by atoms with Crippen LogP contribution in [0.3, 0.4) is 0 Å². The van der Waals surface area contributed by atoms with Gasteiger partial charge in [-0.1, -0.05) is 0 Å². The van der Waals surface area contributed by atoms with E-state index in [1.165, 1.54) is 4.88 Å². The van der Waals surface area contributed by atoms with Gasteiger partial charge in [0.2, 0.25) is 5.95 Å². The summed E-state index contributed by atoms with van der Waals surface area (Å²) >= 11 is 1.71. The molecule has 2 aromatic heterocycles. The topological polar surface area (TPSA) is 59.1 Å². The molecule has 0 spiro atoms. The second-order valence-corrected chi connectivity index (χ2v) is 6.74. The molecule has 6 heteroatoms. The lowest BCUT2D eigenvalue weighted by Crippen LogP contribution is -2.21. The second-order valence-electron chi connectivity index (χ2n) is 5.51. The third kappa shape index (κ3) is 3.11. The Morgan fingerprint density at radius 1 is 1.38 bits per heavy atom. The fourth-order valence-electron chi connectivity index (χ4n) is 2.69. The molecule has 2 aromatic rings. The van der Waals surface area contributed by atoms with Gasteiger partial charge in [0, 0.05) is 30.5 Å². The Balaban J connectivity index is 1.84. The zero-order chi connectivity index (χ0) is 14.8. The molecule has 2 N–H and O–H groups in total. The smallest absolute Gasteiger partial charge is 0.226 e. The number of aromatic nitrogens is 2. The third-order valence-corrected chi connectivity index (χ3v) is 4.86. The zero-order valence-electron chi connectivity index (χ0n) is 12.8. The number of ether oxygens (including phenoxy) is 1. The number of rotatable bonds is 5. The Hall–Kier alpha value is -1.40. The van der Waals surface area contributed by atoms with Crippen molar-refractivity contribution in [1.82, 2.24) is 9.97 Å². The van der Waals surface area contributed by atoms with Gasteiger partial charge in [-0.05, 0) is 33.3 Å². The van der Waals surface area contributed by atoms with Gasteiger partial charge >= 0.3 is 0 Å². The molecular weight excluding hydrogens is 284 g/mol. The van der Waals surface area contributed by atoms with Gasteiger partial charge in [0.15, 0.2) is 0 Å². The molecule has 0 aromatic carbocycles. The fourth-order valence-corrected chi connectivity index (χ4v) is 3.57. The van der Waals surface area contributed by atoms with Gasteiger partial charge in [0.25, 0.3) is 0 Å². The summed E-state index contributed by atoms with van der Waals surface area (Å²) < 4.78 is 5.62. The number of nitrogens with zero attached hydrogens (tertiary/aromatic N) is 2. The van der Waals surface area contributed by atoms with Gasteiger partial charge in [0.05, 0.1) is 11.5 Å². The summed E-state index contributed by atoms with van der Waals surface area (Å²) in [6.07, 6.45) is 1.44. The summed E-state index contributed by atoms with van der Waals surface area (Å²) in [5.41, 5.74) is 0. The van der Waals surface area contributed by atoms with Crippen molar-refractivity contribution in [2.75, 3.05) is 30.3 Å². The Morgan fingerprint density at radius 3 is 2.95 bits per heavy atom. The predicted molar refractivity (Wildman–Crippen MR) is 88.3 cm³/mol. The molecule has 2 atom stereocenters. The molecule has 5 nitrogen and oxygen atoms in total. The number of anilines is 2. The first-order valence-corrected chi connectivity index (χ1v) is 8.36. The molecule has 0 bridgehead atoms. The SMILES string of the molecule is CCNc1nc(NCC2CCOC2C)c2cc(C)sc2n1. The van der Waals surface area contributed by atoms with Crippen molar-refractivity contribution >= 4 is 33.3 Å². The summed E-state index contributed by atoms with van der Waals surface area (Å²) in [5.74, 6) is 2.18. The van der Waals surface area contributed by atoms with E-state index in [0.29, 0.717) is 18.0 Å². The second kappa shape index (κ2) is 6.15. The van der Waals surface area contributed by atoms with Crippen molar-refractivity contribution in [2.24, 2.45) is 5.92 Å². The number of nitrogens with one attached hydrogen (secondary N) is 2. The van der Waals surface area contributed by atoms with Gasteiger partial charge in [-0.15, -0.1) is 11.3 Å². The molecule has 114 valence electrons. The van der Waals surface area contributed by atoms with E-state index in [1.807, 2.05) is 0 Å². The summed E-state index contributed by atoms with van der Waals surface area (Å²) in [6, 6.07) is 2.16. The molecule has 1 fully saturated rings. The van der Waals surface area contributed by atoms with Crippen LogP contribution >= 0.6 is 11.3 Å². The van der Waals surface area contributed by atoms with E-state index in [2.05, 4.69) is 47.4 Å². The molecule has 3 heterocycles. The van der Waals surface area contributed by atoms with Crippen molar-refractivity contribution in [3.05, 3.63) is 10.9 Å². The van der Waals surface area contributed by atoms with E-state index in [9.17, 15) is 0 Å². The summed E-state index contributed by atoms with van der Waals surface area (Å²) in [6.45, 7) is 8.89. The van der Waals surface area contributed by atoms with E-state index >= 15 is 0 Å². The van der Waals surface area contributed by atoms with Crippen molar-refractivity contribution in [2.45, 2.75) is 33.3 Å². The first-order valence-electron chi connectivity index (χ1n) is 7.55. The van der Waals surface area contributed by atoms with Crippen LogP contribution in [0.4, 0.5) is 11.8 Å². The average molecular weight is 306 g/mol. The van der Waals surface area contributed by atoms with Gasteiger partial charge < -0.3 is 15.4 Å². The maximum atomic E-state index is 5.62. The molecular formula is C15H22N4OS. The number of fused-ring (bicyclic) bond motifs is 1. The first kappa shape index (κ1) is 14.5. The zero-order valence-corrected chi connectivity index (χ0v) is 13.6. The van der Waals surface area contributed by atoms with Crippen LogP contribution in [-0.4, -0.2) is 35.8 Å². The number of hydrogen-bond acceptors (Lipinski definition) is 6. The minimum atomic E-state index is 0.326. The molecule has 1 saturated heterocycles. The number of thiophene rings is 1. The van der Waals surface area contributed by atoms with Gasteiger partial charge in [-0.3, -0.25) is 0 Å². The molecule has 1 aliphatic rings. The van der Waals surface area contributed by atoms with Crippen molar-refractivity contribution in [3.63, 3.8) is 0 Å². The molecule has 2 unspecified atom stereocenters. The maximum Gasteiger partial charge on any atom is 0.226 e. The monoisotopic (exact) mass is 306 g/mol. The van der Waals surface area contributed by atoms with Crippen molar-refractivity contribution in [1.29, 1.82) is 0 Å². The normalized spacial score (nSPS) is 21.9. The lowest BCUT2D eigenvalue weighted by molar-refractivity contribution is 0.108.